The summed E-state index contributed by atoms with van der Waals surface area (Å²) < 4.78 is 18.8. The van der Waals surface area contributed by atoms with E-state index in [4.69, 9.17) is 4.74 Å². The van der Waals surface area contributed by atoms with Crippen LogP contribution in [-0.4, -0.2) is 24.0 Å². The lowest BCUT2D eigenvalue weighted by Crippen LogP contribution is -2.32. The van der Waals surface area contributed by atoms with Crippen molar-refractivity contribution in [2.24, 2.45) is 5.10 Å². The second-order valence-corrected chi connectivity index (χ2v) is 6.41. The van der Waals surface area contributed by atoms with E-state index in [0.29, 0.717) is 11.3 Å². The normalized spacial score (nSPS) is 10.5. The minimum atomic E-state index is -0.921. The molecule has 156 valence electrons. The lowest BCUT2D eigenvalue weighted by Gasteiger charge is -2.06. The molecule has 0 atom stereocenters. The zero-order chi connectivity index (χ0) is 22.2. The van der Waals surface area contributed by atoms with Crippen molar-refractivity contribution in [3.63, 3.8) is 0 Å². The second-order valence-electron chi connectivity index (χ2n) is 6.41. The number of benzene rings is 3. The van der Waals surface area contributed by atoms with Gasteiger partial charge in [0.25, 0.3) is 0 Å². The summed E-state index contributed by atoms with van der Waals surface area (Å²) >= 11 is 0. The maximum Gasteiger partial charge on any atom is 0.346 e. The molecule has 0 spiro atoms. The van der Waals surface area contributed by atoms with Gasteiger partial charge in [0.2, 0.25) is 0 Å². The zero-order valence-corrected chi connectivity index (χ0v) is 16.5. The molecule has 0 unspecified atom stereocenters. The molecule has 7 nitrogen and oxygen atoms in total. The van der Waals surface area contributed by atoms with Crippen molar-refractivity contribution < 1.29 is 23.5 Å². The predicted molar refractivity (Wildman–Crippen MR) is 113 cm³/mol. The van der Waals surface area contributed by atoms with Crippen molar-refractivity contribution in [2.45, 2.75) is 6.92 Å². The Kier molecular flexibility index (Phi) is 6.85. The van der Waals surface area contributed by atoms with Gasteiger partial charge in [-0.25, -0.2) is 14.6 Å². The summed E-state index contributed by atoms with van der Waals surface area (Å²) in [6.45, 7) is 1.81. The number of para-hydroxylation sites is 1. The largest absolute Gasteiger partial charge is 0.423 e. The third-order valence-corrected chi connectivity index (χ3v) is 4.16. The minimum Gasteiger partial charge on any atom is -0.423 e. The van der Waals surface area contributed by atoms with Crippen LogP contribution in [0.4, 0.5) is 10.1 Å². The van der Waals surface area contributed by atoms with Crippen LogP contribution in [0.15, 0.2) is 77.9 Å². The smallest absolute Gasteiger partial charge is 0.346 e. The van der Waals surface area contributed by atoms with E-state index in [1.54, 1.807) is 24.3 Å². The summed E-state index contributed by atoms with van der Waals surface area (Å²) in [6, 6.07) is 18.7. The van der Waals surface area contributed by atoms with Crippen LogP contribution in [0.2, 0.25) is 0 Å². The molecule has 0 saturated heterocycles. The highest BCUT2D eigenvalue weighted by atomic mass is 19.1. The van der Waals surface area contributed by atoms with Crippen molar-refractivity contribution in [3.8, 4) is 5.75 Å². The summed E-state index contributed by atoms with van der Waals surface area (Å²) in [4.78, 5) is 35.8. The Morgan fingerprint density at radius 2 is 1.58 bits per heavy atom. The van der Waals surface area contributed by atoms with Gasteiger partial charge in [-0.1, -0.05) is 30.3 Å². The molecular formula is C23H18FN3O4. The molecule has 2 amide bonds. The Labute approximate surface area is 177 Å². The summed E-state index contributed by atoms with van der Waals surface area (Å²) in [5.41, 5.74) is 3.90. The van der Waals surface area contributed by atoms with Gasteiger partial charge in [-0.15, -0.1) is 0 Å². The van der Waals surface area contributed by atoms with Crippen LogP contribution < -0.4 is 15.5 Å². The number of hydrogen-bond acceptors (Lipinski definition) is 5. The first kappa shape index (κ1) is 21.4. The van der Waals surface area contributed by atoms with Crippen LogP contribution in [-0.2, 0) is 9.59 Å². The third-order valence-electron chi connectivity index (χ3n) is 4.16. The first-order valence-electron chi connectivity index (χ1n) is 9.21. The number of halogens is 1. The van der Waals surface area contributed by atoms with Gasteiger partial charge in [0.05, 0.1) is 11.8 Å². The molecule has 3 aromatic rings. The molecule has 31 heavy (non-hydrogen) atoms. The highest BCUT2D eigenvalue weighted by Crippen LogP contribution is 2.15. The van der Waals surface area contributed by atoms with Crippen LogP contribution in [0.1, 0.15) is 21.5 Å². The van der Waals surface area contributed by atoms with E-state index in [9.17, 15) is 18.8 Å². The number of ether oxygens (including phenoxy) is 1. The number of amides is 2. The van der Waals surface area contributed by atoms with Crippen molar-refractivity contribution in [1.82, 2.24) is 5.43 Å². The lowest BCUT2D eigenvalue weighted by atomic mass is 10.2. The number of carbonyl (C=O) groups is 3. The van der Waals surface area contributed by atoms with Crippen LogP contribution in [0.5, 0.6) is 5.75 Å². The van der Waals surface area contributed by atoms with Crippen LogP contribution >= 0.6 is 0 Å². The van der Waals surface area contributed by atoms with Gasteiger partial charge in [0.1, 0.15) is 11.6 Å². The molecule has 0 aliphatic heterocycles. The van der Waals surface area contributed by atoms with E-state index >= 15 is 0 Å². The lowest BCUT2D eigenvalue weighted by molar-refractivity contribution is -0.136. The second kappa shape index (κ2) is 9.93. The average Bonchev–Trinajstić information content (AvgIpc) is 2.76. The highest BCUT2D eigenvalue weighted by Gasteiger charge is 2.14. The van der Waals surface area contributed by atoms with Gasteiger partial charge in [-0.05, 0) is 60.5 Å². The quantitative estimate of drug-likeness (QED) is 0.218. The minimum absolute atomic E-state index is 0.167. The van der Waals surface area contributed by atoms with E-state index < -0.39 is 23.6 Å². The maximum atomic E-state index is 13.6. The number of carbonyl (C=O) groups excluding carboxylic acids is 3. The SMILES string of the molecule is Cc1ccccc1NC(=O)C(=O)NN=Cc1ccc(OC(=O)c2ccccc2F)cc1. The summed E-state index contributed by atoms with van der Waals surface area (Å²) in [6.07, 6.45) is 1.32. The van der Waals surface area contributed by atoms with E-state index in [0.717, 1.165) is 5.56 Å². The Morgan fingerprint density at radius 1 is 0.903 bits per heavy atom. The van der Waals surface area contributed by atoms with Crippen LogP contribution in [0.25, 0.3) is 0 Å². The number of anilines is 1. The average molecular weight is 419 g/mol. The van der Waals surface area contributed by atoms with Crippen molar-refractivity contribution in [1.29, 1.82) is 0 Å². The van der Waals surface area contributed by atoms with E-state index in [1.165, 1.54) is 42.6 Å². The number of hydrazone groups is 1. The number of nitrogens with zero attached hydrogens (tertiary/aromatic N) is 1. The fourth-order valence-electron chi connectivity index (χ4n) is 2.52. The highest BCUT2D eigenvalue weighted by molar-refractivity contribution is 6.39. The fraction of sp³-hybridized carbons (Fsp3) is 0.0435. The van der Waals surface area contributed by atoms with E-state index in [2.05, 4.69) is 15.8 Å². The molecule has 3 rings (SSSR count). The molecular weight excluding hydrogens is 401 g/mol. The molecule has 0 radical (unpaired) electrons. The molecule has 0 aliphatic carbocycles. The van der Waals surface area contributed by atoms with Gasteiger partial charge in [-0.3, -0.25) is 9.59 Å². The number of aryl methyl sites for hydroxylation is 1. The topological polar surface area (TPSA) is 96.9 Å². The third kappa shape index (κ3) is 5.83. The number of nitrogens with one attached hydrogen (secondary N) is 2. The summed E-state index contributed by atoms with van der Waals surface area (Å²) in [7, 11) is 0. The molecule has 0 aliphatic rings. The summed E-state index contributed by atoms with van der Waals surface area (Å²) in [5, 5.41) is 6.24. The molecule has 0 saturated carbocycles. The maximum absolute atomic E-state index is 13.6. The van der Waals surface area contributed by atoms with Gasteiger partial charge < -0.3 is 10.1 Å². The standard InChI is InChI=1S/C23H18FN3O4/c1-15-6-2-5-9-20(15)26-21(28)22(29)27-25-14-16-10-12-17(13-11-16)31-23(30)18-7-3-4-8-19(18)24/h2-14H,1H3,(H,26,28)(H,27,29). The number of esters is 1. The van der Waals surface area contributed by atoms with Gasteiger partial charge >= 0.3 is 17.8 Å². The first-order chi connectivity index (χ1) is 14.9. The molecule has 3 aromatic carbocycles. The number of hydrogen-bond donors (Lipinski definition) is 2. The first-order valence-corrected chi connectivity index (χ1v) is 9.21. The van der Waals surface area contributed by atoms with Crippen molar-refractivity contribution in [3.05, 3.63) is 95.3 Å². The molecule has 2 N–H and O–H groups in total. The molecule has 0 bridgehead atoms. The van der Waals surface area contributed by atoms with Crippen LogP contribution in [0.3, 0.4) is 0 Å². The molecule has 0 aromatic heterocycles. The van der Waals surface area contributed by atoms with E-state index in [1.807, 2.05) is 19.1 Å². The van der Waals surface area contributed by atoms with E-state index in [-0.39, 0.29) is 11.3 Å². The van der Waals surface area contributed by atoms with Crippen molar-refractivity contribution >= 4 is 29.7 Å². The van der Waals surface area contributed by atoms with Crippen LogP contribution in [0, 0.1) is 12.7 Å². The molecule has 0 fully saturated rings. The monoisotopic (exact) mass is 419 g/mol. The van der Waals surface area contributed by atoms with Crippen molar-refractivity contribution in [2.75, 3.05) is 5.32 Å². The predicted octanol–water partition coefficient (Wildman–Crippen LogP) is 3.44. The zero-order valence-electron chi connectivity index (χ0n) is 16.5. The molecule has 8 heteroatoms. The van der Waals surface area contributed by atoms with Gasteiger partial charge in [0.15, 0.2) is 0 Å². The Bertz CT molecular complexity index is 1140. The Hall–Kier alpha value is -4.33. The van der Waals surface area contributed by atoms with Gasteiger partial charge in [-0.2, -0.15) is 5.10 Å². The van der Waals surface area contributed by atoms with Gasteiger partial charge in [0, 0.05) is 5.69 Å². The number of rotatable bonds is 5. The fourth-order valence-corrected chi connectivity index (χ4v) is 2.52. The molecule has 0 heterocycles. The Morgan fingerprint density at radius 3 is 2.29 bits per heavy atom. The summed E-state index contributed by atoms with van der Waals surface area (Å²) in [5.74, 6) is -3.03. The Balaban J connectivity index is 1.53.